The minimum atomic E-state index is -1.31. The molecule has 0 aliphatic rings. The molecule has 1 N–H and O–H groups in total. The van der Waals surface area contributed by atoms with Gasteiger partial charge in [-0.05, 0) is 12.8 Å². The van der Waals surface area contributed by atoms with E-state index in [9.17, 15) is 9.59 Å². The first-order chi connectivity index (χ1) is 9.43. The standard InChI is InChI=1S/C14H26O6/c1-14(18-2,19-3)20-13(17)11-9-7-5-4-6-8-10-12(15)16/h4-11H2,1-3H3,(H,15,16). The Hall–Kier alpha value is -1.14. The summed E-state index contributed by atoms with van der Waals surface area (Å²) in [4.78, 5) is 21.8. The molecule has 0 aromatic rings. The summed E-state index contributed by atoms with van der Waals surface area (Å²) in [7, 11) is 2.82. The van der Waals surface area contributed by atoms with Crippen molar-refractivity contribution in [1.82, 2.24) is 0 Å². The Morgan fingerprint density at radius 3 is 1.80 bits per heavy atom. The lowest BCUT2D eigenvalue weighted by molar-refractivity contribution is -0.332. The molecule has 0 aromatic heterocycles. The number of esters is 1. The van der Waals surface area contributed by atoms with Gasteiger partial charge >= 0.3 is 17.9 Å². The number of unbranched alkanes of at least 4 members (excludes halogenated alkanes) is 5. The molecule has 0 radical (unpaired) electrons. The van der Waals surface area contributed by atoms with E-state index in [2.05, 4.69) is 0 Å². The molecule has 0 atom stereocenters. The lowest BCUT2D eigenvalue weighted by Crippen LogP contribution is -2.35. The van der Waals surface area contributed by atoms with E-state index in [1.807, 2.05) is 0 Å². The summed E-state index contributed by atoms with van der Waals surface area (Å²) in [5.74, 6) is -2.40. The highest BCUT2D eigenvalue weighted by atomic mass is 16.9. The maximum Gasteiger partial charge on any atom is 0.325 e. The predicted molar refractivity (Wildman–Crippen MR) is 73.1 cm³/mol. The molecule has 0 spiro atoms. The molecule has 0 aromatic carbocycles. The van der Waals surface area contributed by atoms with Crippen LogP contribution in [0.1, 0.15) is 58.3 Å². The highest BCUT2D eigenvalue weighted by Crippen LogP contribution is 2.15. The fourth-order valence-corrected chi connectivity index (χ4v) is 1.68. The van der Waals surface area contributed by atoms with Gasteiger partial charge in [-0.1, -0.05) is 25.7 Å². The van der Waals surface area contributed by atoms with Crippen LogP contribution in [-0.2, 0) is 23.8 Å². The third-order valence-electron chi connectivity index (χ3n) is 3.06. The minimum absolute atomic E-state index is 0.235. The SMILES string of the molecule is COC(C)(OC)OC(=O)CCCCCCCCC(=O)O. The van der Waals surface area contributed by atoms with Crippen LogP contribution in [0.15, 0.2) is 0 Å². The van der Waals surface area contributed by atoms with Gasteiger partial charge in [-0.25, -0.2) is 0 Å². The molecule has 0 heterocycles. The molecule has 0 fully saturated rings. The monoisotopic (exact) mass is 290 g/mol. The molecule has 0 amide bonds. The van der Waals surface area contributed by atoms with Crippen LogP contribution in [0.3, 0.4) is 0 Å². The number of carbonyl (C=O) groups is 2. The van der Waals surface area contributed by atoms with Gasteiger partial charge < -0.3 is 19.3 Å². The summed E-state index contributed by atoms with van der Waals surface area (Å²) in [6.45, 7) is 1.54. The first-order valence-corrected chi connectivity index (χ1v) is 6.97. The van der Waals surface area contributed by atoms with Gasteiger partial charge in [-0.3, -0.25) is 9.59 Å². The van der Waals surface area contributed by atoms with Gasteiger partial charge in [0.05, 0.1) is 0 Å². The summed E-state index contributed by atoms with van der Waals surface area (Å²) in [5, 5.41) is 8.48. The average molecular weight is 290 g/mol. The van der Waals surface area contributed by atoms with Crippen LogP contribution in [-0.4, -0.2) is 37.2 Å². The number of methoxy groups -OCH3 is 2. The Kier molecular flexibility index (Phi) is 10.0. The van der Waals surface area contributed by atoms with Crippen molar-refractivity contribution >= 4 is 11.9 Å². The van der Waals surface area contributed by atoms with Crippen molar-refractivity contribution in [2.24, 2.45) is 0 Å². The molecule has 0 bridgehead atoms. The molecule has 0 unspecified atom stereocenters. The van der Waals surface area contributed by atoms with E-state index in [0.717, 1.165) is 38.5 Å². The molecule has 0 aliphatic heterocycles. The molecule has 6 nitrogen and oxygen atoms in total. The normalized spacial score (nSPS) is 11.3. The first kappa shape index (κ1) is 18.9. The van der Waals surface area contributed by atoms with Crippen LogP contribution < -0.4 is 0 Å². The van der Waals surface area contributed by atoms with Crippen LogP contribution in [0.25, 0.3) is 0 Å². The van der Waals surface area contributed by atoms with Crippen molar-refractivity contribution in [3.8, 4) is 0 Å². The maximum atomic E-state index is 11.5. The fourth-order valence-electron chi connectivity index (χ4n) is 1.68. The van der Waals surface area contributed by atoms with E-state index >= 15 is 0 Å². The topological polar surface area (TPSA) is 82.1 Å². The molecular weight excluding hydrogens is 264 g/mol. The molecule has 0 saturated heterocycles. The van der Waals surface area contributed by atoms with E-state index in [1.165, 1.54) is 21.1 Å². The summed E-state index contributed by atoms with van der Waals surface area (Å²) >= 11 is 0. The van der Waals surface area contributed by atoms with Crippen molar-refractivity contribution in [1.29, 1.82) is 0 Å². The molecule has 20 heavy (non-hydrogen) atoms. The van der Waals surface area contributed by atoms with Crippen LogP contribution in [0.4, 0.5) is 0 Å². The van der Waals surface area contributed by atoms with E-state index in [-0.39, 0.29) is 12.4 Å². The molecule has 0 saturated carbocycles. The highest BCUT2D eigenvalue weighted by Gasteiger charge is 2.27. The number of rotatable bonds is 12. The quantitative estimate of drug-likeness (QED) is 0.338. The van der Waals surface area contributed by atoms with Gasteiger partial charge in [0.2, 0.25) is 0 Å². The Bertz CT molecular complexity index is 285. The number of hydrogen-bond acceptors (Lipinski definition) is 5. The lowest BCUT2D eigenvalue weighted by atomic mass is 10.1. The van der Waals surface area contributed by atoms with Gasteiger partial charge in [0, 0.05) is 34.0 Å². The summed E-state index contributed by atoms with van der Waals surface area (Å²) in [5.41, 5.74) is 0. The predicted octanol–water partition coefficient (Wildman–Crippen LogP) is 2.70. The second-order valence-corrected chi connectivity index (χ2v) is 4.76. The second kappa shape index (κ2) is 10.6. The molecule has 6 heteroatoms. The third-order valence-corrected chi connectivity index (χ3v) is 3.06. The Balaban J connectivity index is 3.51. The Morgan fingerprint density at radius 1 is 0.900 bits per heavy atom. The molecule has 118 valence electrons. The van der Waals surface area contributed by atoms with Crippen molar-refractivity contribution in [3.63, 3.8) is 0 Å². The summed E-state index contributed by atoms with van der Waals surface area (Å²) in [6.07, 6.45) is 5.88. The van der Waals surface area contributed by atoms with Crippen LogP contribution in [0.2, 0.25) is 0 Å². The summed E-state index contributed by atoms with van der Waals surface area (Å²) < 4.78 is 14.9. The van der Waals surface area contributed by atoms with Crippen molar-refractivity contribution < 1.29 is 28.9 Å². The van der Waals surface area contributed by atoms with E-state index in [1.54, 1.807) is 0 Å². The van der Waals surface area contributed by atoms with E-state index in [4.69, 9.17) is 19.3 Å². The van der Waals surface area contributed by atoms with Crippen molar-refractivity contribution in [2.45, 2.75) is 64.3 Å². The number of carboxylic acids is 1. The molecule has 0 rings (SSSR count). The highest BCUT2D eigenvalue weighted by molar-refractivity contribution is 5.69. The van der Waals surface area contributed by atoms with Gasteiger partial charge in [-0.2, -0.15) is 0 Å². The number of ether oxygens (including phenoxy) is 3. The Labute approximate surface area is 120 Å². The van der Waals surface area contributed by atoms with E-state index < -0.39 is 11.9 Å². The molecular formula is C14H26O6. The van der Waals surface area contributed by atoms with Gasteiger partial charge in [0.1, 0.15) is 0 Å². The second-order valence-electron chi connectivity index (χ2n) is 4.76. The van der Waals surface area contributed by atoms with Gasteiger partial charge in [0.15, 0.2) is 0 Å². The Morgan fingerprint density at radius 2 is 1.35 bits per heavy atom. The number of hydrogen-bond donors (Lipinski definition) is 1. The minimum Gasteiger partial charge on any atom is -0.481 e. The smallest absolute Gasteiger partial charge is 0.325 e. The average Bonchev–Trinajstić information content (AvgIpc) is 2.41. The van der Waals surface area contributed by atoms with E-state index in [0.29, 0.717) is 6.42 Å². The zero-order chi connectivity index (χ0) is 15.4. The van der Waals surface area contributed by atoms with Crippen molar-refractivity contribution in [2.75, 3.05) is 14.2 Å². The van der Waals surface area contributed by atoms with Crippen LogP contribution in [0, 0.1) is 0 Å². The number of carboxylic acid groups (broad SMARTS) is 1. The lowest BCUT2D eigenvalue weighted by Gasteiger charge is -2.25. The number of carbonyl (C=O) groups excluding carboxylic acids is 1. The maximum absolute atomic E-state index is 11.5. The third kappa shape index (κ3) is 9.75. The summed E-state index contributed by atoms with van der Waals surface area (Å²) in [6, 6.07) is 0. The zero-order valence-electron chi connectivity index (χ0n) is 12.6. The van der Waals surface area contributed by atoms with Crippen LogP contribution >= 0.6 is 0 Å². The van der Waals surface area contributed by atoms with Crippen LogP contribution in [0.5, 0.6) is 0 Å². The van der Waals surface area contributed by atoms with Crippen molar-refractivity contribution in [3.05, 3.63) is 0 Å². The first-order valence-electron chi connectivity index (χ1n) is 6.97. The largest absolute Gasteiger partial charge is 0.481 e. The zero-order valence-corrected chi connectivity index (χ0v) is 12.6. The fraction of sp³-hybridized carbons (Fsp3) is 0.857. The van der Waals surface area contributed by atoms with Gasteiger partial charge in [-0.15, -0.1) is 0 Å². The van der Waals surface area contributed by atoms with Gasteiger partial charge in [0.25, 0.3) is 0 Å². The molecule has 0 aliphatic carbocycles. The number of aliphatic carboxylic acids is 1.